The Hall–Kier alpha value is -2.82. The quantitative estimate of drug-likeness (QED) is 0.851. The molecule has 22 heavy (non-hydrogen) atoms. The van der Waals surface area contributed by atoms with E-state index in [4.69, 9.17) is 4.74 Å². The van der Waals surface area contributed by atoms with E-state index >= 15 is 0 Å². The van der Waals surface area contributed by atoms with Gasteiger partial charge in [0.15, 0.2) is 0 Å². The van der Waals surface area contributed by atoms with Crippen molar-refractivity contribution in [1.82, 2.24) is 5.32 Å². The van der Waals surface area contributed by atoms with Crippen LogP contribution in [-0.4, -0.2) is 18.9 Å². The number of methoxy groups -OCH3 is 1. The molecule has 2 aromatic rings. The molecular formula is C17H18N2O3. The molecule has 0 atom stereocenters. The van der Waals surface area contributed by atoms with Crippen LogP contribution in [0.4, 0.5) is 5.69 Å². The lowest BCUT2D eigenvalue weighted by Crippen LogP contribution is -2.34. The average molecular weight is 298 g/mol. The van der Waals surface area contributed by atoms with Crippen molar-refractivity contribution in [2.75, 3.05) is 12.4 Å². The second-order valence-corrected chi connectivity index (χ2v) is 4.85. The van der Waals surface area contributed by atoms with Crippen molar-refractivity contribution in [3.05, 3.63) is 59.7 Å². The summed E-state index contributed by atoms with van der Waals surface area (Å²) in [6, 6.07) is 14.6. The summed E-state index contributed by atoms with van der Waals surface area (Å²) in [6.45, 7) is 2.30. The number of hydrogen-bond donors (Lipinski definition) is 2. The van der Waals surface area contributed by atoms with Gasteiger partial charge in [0.2, 0.25) is 0 Å². The normalized spacial score (nSPS) is 9.91. The van der Waals surface area contributed by atoms with Crippen LogP contribution in [0.25, 0.3) is 0 Å². The fraction of sp³-hybridized carbons (Fsp3) is 0.176. The van der Waals surface area contributed by atoms with Gasteiger partial charge in [-0.2, -0.15) is 0 Å². The van der Waals surface area contributed by atoms with E-state index in [1.54, 1.807) is 24.3 Å². The molecule has 2 aromatic carbocycles. The van der Waals surface area contributed by atoms with E-state index in [0.717, 1.165) is 11.1 Å². The molecule has 0 aromatic heterocycles. The molecule has 0 radical (unpaired) electrons. The molecule has 0 aliphatic carbocycles. The van der Waals surface area contributed by atoms with Crippen molar-refractivity contribution in [2.24, 2.45) is 0 Å². The lowest BCUT2D eigenvalue weighted by molar-refractivity contribution is -0.136. The van der Waals surface area contributed by atoms with Gasteiger partial charge in [0.25, 0.3) is 0 Å². The van der Waals surface area contributed by atoms with Crippen molar-refractivity contribution >= 4 is 17.5 Å². The second kappa shape index (κ2) is 7.26. The number of aryl methyl sites for hydroxylation is 1. The number of amides is 2. The molecule has 0 aliphatic rings. The van der Waals surface area contributed by atoms with E-state index in [9.17, 15) is 9.59 Å². The summed E-state index contributed by atoms with van der Waals surface area (Å²) in [5.41, 5.74) is 2.59. The number of nitrogens with one attached hydrogen (secondary N) is 2. The third-order valence-electron chi connectivity index (χ3n) is 3.11. The van der Waals surface area contributed by atoms with Crippen LogP contribution >= 0.6 is 0 Å². The molecule has 0 saturated heterocycles. The number of carbonyl (C=O) groups excluding carboxylic acids is 2. The van der Waals surface area contributed by atoms with Gasteiger partial charge in [-0.3, -0.25) is 9.59 Å². The van der Waals surface area contributed by atoms with Gasteiger partial charge in [-0.25, -0.2) is 0 Å². The molecule has 5 heteroatoms. The van der Waals surface area contributed by atoms with Crippen LogP contribution in [-0.2, 0) is 16.1 Å². The van der Waals surface area contributed by atoms with Gasteiger partial charge in [0, 0.05) is 18.3 Å². The summed E-state index contributed by atoms with van der Waals surface area (Å²) >= 11 is 0. The molecule has 114 valence electrons. The second-order valence-electron chi connectivity index (χ2n) is 4.85. The molecule has 2 N–H and O–H groups in total. The summed E-state index contributed by atoms with van der Waals surface area (Å²) in [4.78, 5) is 23.6. The Morgan fingerprint density at radius 3 is 2.45 bits per heavy atom. The maximum absolute atomic E-state index is 11.8. The number of hydrogen-bond acceptors (Lipinski definition) is 3. The monoisotopic (exact) mass is 298 g/mol. The third-order valence-corrected chi connectivity index (χ3v) is 3.11. The minimum absolute atomic E-state index is 0.310. The van der Waals surface area contributed by atoms with E-state index in [2.05, 4.69) is 10.6 Å². The summed E-state index contributed by atoms with van der Waals surface area (Å²) in [6.07, 6.45) is 0. The van der Waals surface area contributed by atoms with E-state index in [0.29, 0.717) is 18.0 Å². The predicted octanol–water partition coefficient (Wildman–Crippen LogP) is 2.26. The fourth-order valence-electron chi connectivity index (χ4n) is 1.86. The number of anilines is 1. The van der Waals surface area contributed by atoms with Crippen LogP contribution in [0.2, 0.25) is 0 Å². The van der Waals surface area contributed by atoms with Gasteiger partial charge in [-0.1, -0.05) is 35.9 Å². The third kappa shape index (κ3) is 4.34. The average Bonchev–Trinajstić information content (AvgIpc) is 2.54. The molecule has 5 nitrogen and oxygen atoms in total. The first kappa shape index (κ1) is 15.6. The zero-order valence-electron chi connectivity index (χ0n) is 12.6. The van der Waals surface area contributed by atoms with E-state index < -0.39 is 11.8 Å². The van der Waals surface area contributed by atoms with Crippen molar-refractivity contribution in [2.45, 2.75) is 13.5 Å². The van der Waals surface area contributed by atoms with Crippen LogP contribution in [0.15, 0.2) is 48.5 Å². The van der Waals surface area contributed by atoms with Crippen molar-refractivity contribution in [3.8, 4) is 5.75 Å². The maximum Gasteiger partial charge on any atom is 0.313 e. The molecule has 0 heterocycles. The largest absolute Gasteiger partial charge is 0.497 e. The van der Waals surface area contributed by atoms with Gasteiger partial charge in [-0.15, -0.1) is 0 Å². The first-order chi connectivity index (χ1) is 10.6. The van der Waals surface area contributed by atoms with Crippen LogP contribution in [0.3, 0.4) is 0 Å². The van der Waals surface area contributed by atoms with Crippen molar-refractivity contribution in [3.63, 3.8) is 0 Å². The van der Waals surface area contributed by atoms with Crippen molar-refractivity contribution < 1.29 is 14.3 Å². The SMILES string of the molecule is COc1cccc(NC(=O)C(=O)NCc2ccc(C)cc2)c1. The van der Waals surface area contributed by atoms with E-state index in [1.165, 1.54) is 7.11 Å². The number of benzene rings is 2. The fourth-order valence-corrected chi connectivity index (χ4v) is 1.86. The standard InChI is InChI=1S/C17H18N2O3/c1-12-6-8-13(9-7-12)11-18-16(20)17(21)19-14-4-3-5-15(10-14)22-2/h3-10H,11H2,1-2H3,(H,18,20)(H,19,21). The summed E-state index contributed by atoms with van der Waals surface area (Å²) in [7, 11) is 1.54. The van der Waals surface area contributed by atoms with Gasteiger partial charge in [-0.05, 0) is 24.6 Å². The Labute approximate surface area is 129 Å². The maximum atomic E-state index is 11.8. The Kier molecular flexibility index (Phi) is 5.14. The molecular weight excluding hydrogens is 280 g/mol. The summed E-state index contributed by atoms with van der Waals surface area (Å²) in [5.74, 6) is -0.776. The lowest BCUT2D eigenvalue weighted by atomic mass is 10.1. The topological polar surface area (TPSA) is 67.4 Å². The first-order valence-electron chi connectivity index (χ1n) is 6.87. The summed E-state index contributed by atoms with van der Waals surface area (Å²) in [5, 5.41) is 5.12. The summed E-state index contributed by atoms with van der Waals surface area (Å²) < 4.78 is 5.06. The number of carbonyl (C=O) groups is 2. The highest BCUT2D eigenvalue weighted by atomic mass is 16.5. The van der Waals surface area contributed by atoms with Gasteiger partial charge in [0.1, 0.15) is 5.75 Å². The highest BCUT2D eigenvalue weighted by molar-refractivity contribution is 6.39. The first-order valence-corrected chi connectivity index (χ1v) is 6.87. The van der Waals surface area contributed by atoms with E-state index in [-0.39, 0.29) is 0 Å². The molecule has 0 unspecified atom stereocenters. The van der Waals surface area contributed by atoms with Gasteiger partial charge in [0.05, 0.1) is 7.11 Å². The molecule has 0 saturated carbocycles. The zero-order chi connectivity index (χ0) is 15.9. The Balaban J connectivity index is 1.89. The number of rotatable bonds is 4. The van der Waals surface area contributed by atoms with E-state index in [1.807, 2.05) is 31.2 Å². The zero-order valence-corrected chi connectivity index (χ0v) is 12.6. The molecule has 0 fully saturated rings. The highest BCUT2D eigenvalue weighted by Crippen LogP contribution is 2.16. The Bertz CT molecular complexity index is 666. The Morgan fingerprint density at radius 1 is 1.05 bits per heavy atom. The number of ether oxygens (including phenoxy) is 1. The Morgan fingerprint density at radius 2 is 1.77 bits per heavy atom. The van der Waals surface area contributed by atoms with Crippen LogP contribution < -0.4 is 15.4 Å². The molecule has 2 amide bonds. The lowest BCUT2D eigenvalue weighted by Gasteiger charge is -2.08. The minimum atomic E-state index is -0.708. The van der Waals surface area contributed by atoms with Crippen LogP contribution in [0.1, 0.15) is 11.1 Å². The minimum Gasteiger partial charge on any atom is -0.497 e. The van der Waals surface area contributed by atoms with Crippen LogP contribution in [0, 0.1) is 6.92 Å². The smallest absolute Gasteiger partial charge is 0.313 e. The molecule has 0 aliphatic heterocycles. The molecule has 2 rings (SSSR count). The van der Waals surface area contributed by atoms with Crippen LogP contribution in [0.5, 0.6) is 5.75 Å². The van der Waals surface area contributed by atoms with Gasteiger partial charge >= 0.3 is 11.8 Å². The molecule has 0 bridgehead atoms. The van der Waals surface area contributed by atoms with Crippen molar-refractivity contribution in [1.29, 1.82) is 0 Å². The molecule has 0 spiro atoms. The highest BCUT2D eigenvalue weighted by Gasteiger charge is 2.13. The predicted molar refractivity (Wildman–Crippen MR) is 84.6 cm³/mol. The van der Waals surface area contributed by atoms with Gasteiger partial charge < -0.3 is 15.4 Å².